The zero-order valence-corrected chi connectivity index (χ0v) is 19.4. The number of nitrogens with zero attached hydrogens (tertiary/aromatic N) is 3. The van der Waals surface area contributed by atoms with Gasteiger partial charge in [0.15, 0.2) is 5.17 Å². The third-order valence-electron chi connectivity index (χ3n) is 5.20. The number of anilines is 1. The number of likely N-dealkylation sites (tertiary alicyclic amines) is 1. The number of thioether (sulfide) groups is 1. The number of amides is 2. The summed E-state index contributed by atoms with van der Waals surface area (Å²) in [5, 5.41) is 1.01. The van der Waals surface area contributed by atoms with Gasteiger partial charge in [0.1, 0.15) is 11.5 Å². The zero-order valence-electron chi connectivity index (χ0n) is 17.1. The standard InChI is InChI=1S/C23H20Cl2FN3O2S/c24-16-9-8-15(12-17(16)25)13-19-22(31)29(20-7-3-2-6-18(20)26)23(27-19)32-14-21(30)28-10-4-1-5-11-28/h2-3,6-9,12-13H,1,4-5,10-11,14H2. The Kier molecular flexibility index (Phi) is 7.18. The summed E-state index contributed by atoms with van der Waals surface area (Å²) >= 11 is 13.2. The number of hydrogen-bond acceptors (Lipinski definition) is 4. The first-order valence-electron chi connectivity index (χ1n) is 10.2. The van der Waals surface area contributed by atoms with Crippen molar-refractivity contribution in [1.82, 2.24) is 4.90 Å². The number of carbonyl (C=O) groups is 2. The normalized spacial score (nSPS) is 17.8. The predicted octanol–water partition coefficient (Wildman–Crippen LogP) is 5.62. The Morgan fingerprint density at radius 1 is 1.09 bits per heavy atom. The Hall–Kier alpha value is -2.35. The minimum Gasteiger partial charge on any atom is -0.342 e. The molecule has 2 amide bonds. The van der Waals surface area contributed by atoms with Gasteiger partial charge in [-0.2, -0.15) is 0 Å². The van der Waals surface area contributed by atoms with Crippen LogP contribution in [0.1, 0.15) is 24.8 Å². The summed E-state index contributed by atoms with van der Waals surface area (Å²) in [7, 11) is 0. The molecule has 0 atom stereocenters. The molecule has 1 fully saturated rings. The molecule has 0 bridgehead atoms. The molecule has 5 nitrogen and oxygen atoms in total. The molecule has 2 aliphatic rings. The van der Waals surface area contributed by atoms with Crippen LogP contribution in [0.15, 0.2) is 53.2 Å². The fourth-order valence-electron chi connectivity index (χ4n) is 3.56. The van der Waals surface area contributed by atoms with Gasteiger partial charge in [-0.15, -0.1) is 0 Å². The van der Waals surface area contributed by atoms with Crippen LogP contribution < -0.4 is 4.90 Å². The van der Waals surface area contributed by atoms with Crippen LogP contribution in [-0.4, -0.2) is 40.7 Å². The summed E-state index contributed by atoms with van der Waals surface area (Å²) in [6.45, 7) is 1.48. The highest BCUT2D eigenvalue weighted by molar-refractivity contribution is 8.14. The fraction of sp³-hybridized carbons (Fsp3) is 0.261. The number of aliphatic imine (C=N–C) groups is 1. The maximum absolute atomic E-state index is 14.5. The molecule has 1 saturated heterocycles. The third-order valence-corrected chi connectivity index (χ3v) is 6.87. The van der Waals surface area contributed by atoms with E-state index in [1.807, 2.05) is 4.90 Å². The molecule has 2 heterocycles. The molecule has 0 unspecified atom stereocenters. The monoisotopic (exact) mass is 491 g/mol. The molecule has 4 rings (SSSR count). The highest BCUT2D eigenvalue weighted by Crippen LogP contribution is 2.32. The van der Waals surface area contributed by atoms with Crippen molar-refractivity contribution < 1.29 is 14.0 Å². The molecule has 2 aromatic rings. The molecule has 9 heteroatoms. The smallest absolute Gasteiger partial charge is 0.283 e. The second kappa shape index (κ2) is 10.1. The van der Waals surface area contributed by atoms with E-state index in [1.54, 1.807) is 36.4 Å². The third kappa shape index (κ3) is 5.00. The predicted molar refractivity (Wildman–Crippen MR) is 129 cm³/mol. The second-order valence-electron chi connectivity index (χ2n) is 7.42. The number of para-hydroxylation sites is 1. The maximum Gasteiger partial charge on any atom is 0.283 e. The van der Waals surface area contributed by atoms with Crippen molar-refractivity contribution in [2.24, 2.45) is 4.99 Å². The van der Waals surface area contributed by atoms with Gasteiger partial charge in [-0.05, 0) is 55.2 Å². The van der Waals surface area contributed by atoms with E-state index >= 15 is 0 Å². The van der Waals surface area contributed by atoms with E-state index in [1.165, 1.54) is 17.0 Å². The summed E-state index contributed by atoms with van der Waals surface area (Å²) in [5.74, 6) is -0.918. The number of rotatable bonds is 4. The quantitative estimate of drug-likeness (QED) is 0.521. The van der Waals surface area contributed by atoms with Crippen LogP contribution in [0.25, 0.3) is 6.08 Å². The summed E-state index contributed by atoms with van der Waals surface area (Å²) in [6, 6.07) is 11.0. The van der Waals surface area contributed by atoms with Gasteiger partial charge in [-0.25, -0.2) is 9.38 Å². The first-order chi connectivity index (χ1) is 15.4. The number of amidine groups is 1. The van der Waals surface area contributed by atoms with Crippen molar-refractivity contribution in [2.75, 3.05) is 23.7 Å². The molecular weight excluding hydrogens is 472 g/mol. The molecule has 0 aromatic heterocycles. The van der Waals surface area contributed by atoms with Crippen molar-refractivity contribution in [2.45, 2.75) is 19.3 Å². The van der Waals surface area contributed by atoms with Gasteiger partial charge in [0.2, 0.25) is 5.91 Å². The average molecular weight is 492 g/mol. The molecule has 32 heavy (non-hydrogen) atoms. The molecule has 0 spiro atoms. The van der Waals surface area contributed by atoms with E-state index in [0.717, 1.165) is 44.1 Å². The summed E-state index contributed by atoms with van der Waals surface area (Å²) in [6.07, 6.45) is 4.68. The number of halogens is 3. The maximum atomic E-state index is 14.5. The highest BCUT2D eigenvalue weighted by atomic mass is 35.5. The van der Waals surface area contributed by atoms with Crippen LogP contribution in [0.4, 0.5) is 10.1 Å². The summed E-state index contributed by atoms with van der Waals surface area (Å²) in [5.41, 5.74) is 0.849. The second-order valence-corrected chi connectivity index (χ2v) is 9.18. The minimum atomic E-state index is -0.549. The summed E-state index contributed by atoms with van der Waals surface area (Å²) in [4.78, 5) is 33.3. The Morgan fingerprint density at radius 3 is 2.56 bits per heavy atom. The van der Waals surface area contributed by atoms with E-state index in [4.69, 9.17) is 23.2 Å². The SMILES string of the molecule is O=C(CSC1=NC(=Cc2ccc(Cl)c(Cl)c2)C(=O)N1c1ccccc1F)N1CCCCC1. The molecule has 0 aliphatic carbocycles. The molecule has 0 radical (unpaired) electrons. The van der Waals surface area contributed by atoms with E-state index in [0.29, 0.717) is 15.6 Å². The van der Waals surface area contributed by atoms with Crippen LogP contribution in [0.5, 0.6) is 0 Å². The van der Waals surface area contributed by atoms with E-state index in [9.17, 15) is 14.0 Å². The van der Waals surface area contributed by atoms with Crippen LogP contribution in [0.2, 0.25) is 10.0 Å². The molecule has 166 valence electrons. The molecule has 2 aliphatic heterocycles. The number of piperidine rings is 1. The number of benzene rings is 2. The van der Waals surface area contributed by atoms with Gasteiger partial charge < -0.3 is 4.90 Å². The van der Waals surface area contributed by atoms with Gasteiger partial charge in [0, 0.05) is 13.1 Å². The van der Waals surface area contributed by atoms with Crippen molar-refractivity contribution in [3.63, 3.8) is 0 Å². The Labute approximate surface area is 199 Å². The van der Waals surface area contributed by atoms with Gasteiger partial charge in [-0.1, -0.05) is 53.2 Å². The van der Waals surface area contributed by atoms with Gasteiger partial charge in [-0.3, -0.25) is 14.5 Å². The Balaban J connectivity index is 1.62. The molecule has 2 aromatic carbocycles. The fourth-order valence-corrected chi connectivity index (χ4v) is 4.77. The lowest BCUT2D eigenvalue weighted by Crippen LogP contribution is -2.38. The van der Waals surface area contributed by atoms with E-state index in [-0.39, 0.29) is 28.2 Å². The van der Waals surface area contributed by atoms with Gasteiger partial charge in [0.05, 0.1) is 21.5 Å². The number of carbonyl (C=O) groups excluding carboxylic acids is 2. The lowest BCUT2D eigenvalue weighted by molar-refractivity contribution is -0.129. The van der Waals surface area contributed by atoms with Crippen molar-refractivity contribution in [3.05, 3.63) is 69.6 Å². The lowest BCUT2D eigenvalue weighted by Gasteiger charge is -2.27. The van der Waals surface area contributed by atoms with Crippen molar-refractivity contribution >= 4 is 63.7 Å². The highest BCUT2D eigenvalue weighted by Gasteiger charge is 2.34. The first kappa shape index (κ1) is 22.8. The van der Waals surface area contributed by atoms with Crippen LogP contribution in [0.3, 0.4) is 0 Å². The van der Waals surface area contributed by atoms with Gasteiger partial charge >= 0.3 is 0 Å². The molecular formula is C23H20Cl2FN3O2S. The first-order valence-corrected chi connectivity index (χ1v) is 11.9. The largest absolute Gasteiger partial charge is 0.342 e. The van der Waals surface area contributed by atoms with Gasteiger partial charge in [0.25, 0.3) is 5.91 Å². The number of hydrogen-bond donors (Lipinski definition) is 0. The Bertz CT molecular complexity index is 1120. The Morgan fingerprint density at radius 2 is 1.84 bits per heavy atom. The van der Waals surface area contributed by atoms with Crippen molar-refractivity contribution in [3.8, 4) is 0 Å². The zero-order chi connectivity index (χ0) is 22.7. The average Bonchev–Trinajstić information content (AvgIpc) is 3.10. The van der Waals surface area contributed by atoms with Crippen molar-refractivity contribution in [1.29, 1.82) is 0 Å². The molecule has 0 N–H and O–H groups in total. The van der Waals surface area contributed by atoms with Crippen LogP contribution >= 0.6 is 35.0 Å². The minimum absolute atomic E-state index is 0.0137. The topological polar surface area (TPSA) is 53.0 Å². The van der Waals surface area contributed by atoms with Crippen LogP contribution in [-0.2, 0) is 9.59 Å². The molecule has 0 saturated carbocycles. The van der Waals surface area contributed by atoms with Crippen LogP contribution in [0, 0.1) is 5.82 Å². The van der Waals surface area contributed by atoms with E-state index < -0.39 is 11.7 Å². The lowest BCUT2D eigenvalue weighted by atomic mass is 10.1. The summed E-state index contributed by atoms with van der Waals surface area (Å²) < 4.78 is 14.5. The van der Waals surface area contributed by atoms with E-state index in [2.05, 4.69) is 4.99 Å².